The molecule has 0 fully saturated rings. The molecule has 134 valence electrons. The van der Waals surface area contributed by atoms with Gasteiger partial charge in [-0.2, -0.15) is 0 Å². The van der Waals surface area contributed by atoms with Gasteiger partial charge >= 0.3 is 6.03 Å². The molecule has 0 aliphatic heterocycles. The van der Waals surface area contributed by atoms with Crippen LogP contribution >= 0.6 is 11.6 Å². The zero-order chi connectivity index (χ0) is 18.5. The summed E-state index contributed by atoms with van der Waals surface area (Å²) in [5.41, 5.74) is 3.45. The van der Waals surface area contributed by atoms with Crippen molar-refractivity contribution in [2.24, 2.45) is 0 Å². The fourth-order valence-electron chi connectivity index (χ4n) is 2.50. The van der Waals surface area contributed by atoms with Gasteiger partial charge in [-0.25, -0.2) is 9.78 Å². The Morgan fingerprint density at radius 2 is 1.96 bits per heavy atom. The predicted molar refractivity (Wildman–Crippen MR) is 103 cm³/mol. The Hall–Kier alpha value is -2.79. The summed E-state index contributed by atoms with van der Waals surface area (Å²) in [6, 6.07) is 14.8. The monoisotopic (exact) mass is 369 g/mol. The van der Waals surface area contributed by atoms with Crippen molar-refractivity contribution in [2.75, 3.05) is 5.32 Å². The van der Waals surface area contributed by atoms with Gasteiger partial charge in [0, 0.05) is 16.3 Å². The first kappa shape index (κ1) is 18.0. The maximum atomic E-state index is 12.1. The minimum atomic E-state index is -0.291. The van der Waals surface area contributed by atoms with Crippen LogP contribution in [0.4, 0.5) is 10.5 Å². The summed E-state index contributed by atoms with van der Waals surface area (Å²) >= 11 is 6.01. The fraction of sp³-hybridized carbons (Fsp3) is 0.200. The highest BCUT2D eigenvalue weighted by Gasteiger charge is 2.12. The molecule has 0 bridgehead atoms. The van der Waals surface area contributed by atoms with Crippen LogP contribution in [0.1, 0.15) is 23.9 Å². The standard InChI is InChI=1S/C20H20ClN3O2/c1-3-14-7-9-17(10-8-14)23-20(25)22-12-18-13(2)26-19(24-18)15-5-4-6-16(21)11-15/h4-11H,3,12H2,1-2H3,(H2,22,23,25). The van der Waals surface area contributed by atoms with Gasteiger partial charge in [0.2, 0.25) is 5.89 Å². The molecule has 0 saturated heterocycles. The van der Waals surface area contributed by atoms with Crippen LogP contribution in [-0.4, -0.2) is 11.0 Å². The van der Waals surface area contributed by atoms with E-state index in [2.05, 4.69) is 22.5 Å². The summed E-state index contributed by atoms with van der Waals surface area (Å²) in [6.07, 6.45) is 0.965. The van der Waals surface area contributed by atoms with E-state index in [0.717, 1.165) is 17.7 Å². The molecule has 0 spiro atoms. The first-order valence-corrected chi connectivity index (χ1v) is 8.79. The van der Waals surface area contributed by atoms with Gasteiger partial charge in [-0.1, -0.05) is 36.7 Å². The number of urea groups is 1. The van der Waals surface area contributed by atoms with Gasteiger partial charge in [0.1, 0.15) is 11.5 Å². The van der Waals surface area contributed by atoms with Crippen LogP contribution in [0.25, 0.3) is 11.5 Å². The zero-order valence-electron chi connectivity index (χ0n) is 14.7. The average molecular weight is 370 g/mol. The van der Waals surface area contributed by atoms with E-state index in [1.807, 2.05) is 43.3 Å². The number of carbonyl (C=O) groups excluding carboxylic acids is 1. The van der Waals surface area contributed by atoms with Crippen molar-refractivity contribution >= 4 is 23.3 Å². The van der Waals surface area contributed by atoms with Gasteiger partial charge in [0.25, 0.3) is 0 Å². The van der Waals surface area contributed by atoms with E-state index in [4.69, 9.17) is 16.0 Å². The zero-order valence-corrected chi connectivity index (χ0v) is 15.4. The van der Waals surface area contributed by atoms with Crippen molar-refractivity contribution in [2.45, 2.75) is 26.8 Å². The summed E-state index contributed by atoms with van der Waals surface area (Å²) < 4.78 is 5.69. The van der Waals surface area contributed by atoms with Crippen LogP contribution in [0.15, 0.2) is 52.9 Å². The molecule has 2 amide bonds. The summed E-state index contributed by atoms with van der Waals surface area (Å²) in [7, 11) is 0. The van der Waals surface area contributed by atoms with E-state index in [1.165, 1.54) is 5.56 Å². The van der Waals surface area contributed by atoms with E-state index in [0.29, 0.717) is 22.4 Å². The Morgan fingerprint density at radius 1 is 1.19 bits per heavy atom. The largest absolute Gasteiger partial charge is 0.441 e. The molecule has 0 aliphatic rings. The van der Waals surface area contributed by atoms with Crippen molar-refractivity contribution in [3.8, 4) is 11.5 Å². The number of amides is 2. The lowest BCUT2D eigenvalue weighted by molar-refractivity contribution is 0.251. The van der Waals surface area contributed by atoms with Crippen LogP contribution in [-0.2, 0) is 13.0 Å². The molecule has 0 atom stereocenters. The number of aromatic nitrogens is 1. The number of halogens is 1. The molecule has 2 N–H and O–H groups in total. The van der Waals surface area contributed by atoms with Crippen LogP contribution in [0.3, 0.4) is 0 Å². The second-order valence-corrected chi connectivity index (χ2v) is 6.33. The number of nitrogens with one attached hydrogen (secondary N) is 2. The maximum absolute atomic E-state index is 12.1. The molecule has 1 aromatic heterocycles. The molecule has 0 aliphatic carbocycles. The Morgan fingerprint density at radius 3 is 2.65 bits per heavy atom. The average Bonchev–Trinajstić information content (AvgIpc) is 3.01. The molecule has 6 heteroatoms. The van der Waals surface area contributed by atoms with Gasteiger partial charge in [0.15, 0.2) is 0 Å². The number of hydrogen-bond donors (Lipinski definition) is 2. The topological polar surface area (TPSA) is 67.2 Å². The third-order valence-corrected chi connectivity index (χ3v) is 4.24. The highest BCUT2D eigenvalue weighted by atomic mass is 35.5. The molecule has 0 radical (unpaired) electrons. The fourth-order valence-corrected chi connectivity index (χ4v) is 2.69. The lowest BCUT2D eigenvalue weighted by Crippen LogP contribution is -2.28. The third-order valence-electron chi connectivity index (χ3n) is 4.00. The molecule has 1 heterocycles. The Bertz CT molecular complexity index is 904. The van der Waals surface area contributed by atoms with E-state index >= 15 is 0 Å². The number of rotatable bonds is 5. The summed E-state index contributed by atoms with van der Waals surface area (Å²) in [5, 5.41) is 6.21. The number of nitrogens with zero attached hydrogens (tertiary/aromatic N) is 1. The molecular formula is C20H20ClN3O2. The van der Waals surface area contributed by atoms with Crippen molar-refractivity contribution in [1.29, 1.82) is 0 Å². The second kappa shape index (κ2) is 8.06. The number of oxazole rings is 1. The summed E-state index contributed by atoms with van der Waals surface area (Å²) in [5.74, 6) is 1.14. The van der Waals surface area contributed by atoms with Gasteiger partial charge < -0.3 is 15.1 Å². The first-order chi connectivity index (χ1) is 12.5. The van der Waals surface area contributed by atoms with E-state index in [-0.39, 0.29) is 12.6 Å². The quantitative estimate of drug-likeness (QED) is 0.650. The number of carbonyl (C=O) groups is 1. The molecule has 3 aromatic rings. The molecule has 0 unspecified atom stereocenters. The minimum Gasteiger partial charge on any atom is -0.441 e. The Balaban J connectivity index is 1.61. The highest BCUT2D eigenvalue weighted by Crippen LogP contribution is 2.24. The first-order valence-electron chi connectivity index (χ1n) is 8.41. The third kappa shape index (κ3) is 4.43. The summed E-state index contributed by atoms with van der Waals surface area (Å²) in [6.45, 7) is 4.18. The maximum Gasteiger partial charge on any atom is 0.319 e. The molecular weight excluding hydrogens is 350 g/mol. The SMILES string of the molecule is CCc1ccc(NC(=O)NCc2nc(-c3cccc(Cl)c3)oc2C)cc1. The molecule has 5 nitrogen and oxygen atoms in total. The lowest BCUT2D eigenvalue weighted by atomic mass is 10.1. The normalized spacial score (nSPS) is 10.6. The Labute approximate surface area is 157 Å². The van der Waals surface area contributed by atoms with Gasteiger partial charge in [-0.05, 0) is 49.2 Å². The minimum absolute atomic E-state index is 0.273. The van der Waals surface area contributed by atoms with Crippen LogP contribution in [0, 0.1) is 6.92 Å². The number of anilines is 1. The Kier molecular flexibility index (Phi) is 5.58. The van der Waals surface area contributed by atoms with Crippen molar-refractivity contribution in [3.63, 3.8) is 0 Å². The molecule has 2 aromatic carbocycles. The van der Waals surface area contributed by atoms with Gasteiger partial charge in [-0.3, -0.25) is 0 Å². The molecule has 26 heavy (non-hydrogen) atoms. The summed E-state index contributed by atoms with van der Waals surface area (Å²) in [4.78, 5) is 16.5. The van der Waals surface area contributed by atoms with Gasteiger partial charge in [0.05, 0.1) is 6.54 Å². The van der Waals surface area contributed by atoms with Crippen LogP contribution < -0.4 is 10.6 Å². The number of aryl methyl sites for hydroxylation is 2. The van der Waals surface area contributed by atoms with E-state index in [9.17, 15) is 4.79 Å². The van der Waals surface area contributed by atoms with Crippen molar-refractivity contribution < 1.29 is 9.21 Å². The predicted octanol–water partition coefficient (Wildman–Crippen LogP) is 5.19. The van der Waals surface area contributed by atoms with Crippen LogP contribution in [0.5, 0.6) is 0 Å². The van der Waals surface area contributed by atoms with E-state index in [1.54, 1.807) is 12.1 Å². The van der Waals surface area contributed by atoms with Crippen molar-refractivity contribution in [3.05, 3.63) is 70.6 Å². The van der Waals surface area contributed by atoms with Crippen LogP contribution in [0.2, 0.25) is 5.02 Å². The molecule has 3 rings (SSSR count). The highest BCUT2D eigenvalue weighted by molar-refractivity contribution is 6.30. The van der Waals surface area contributed by atoms with Gasteiger partial charge in [-0.15, -0.1) is 0 Å². The smallest absolute Gasteiger partial charge is 0.319 e. The van der Waals surface area contributed by atoms with Crippen molar-refractivity contribution in [1.82, 2.24) is 10.3 Å². The lowest BCUT2D eigenvalue weighted by Gasteiger charge is -2.07. The molecule has 0 saturated carbocycles. The second-order valence-electron chi connectivity index (χ2n) is 5.89. The van der Waals surface area contributed by atoms with E-state index < -0.39 is 0 Å². The number of hydrogen-bond acceptors (Lipinski definition) is 3. The number of benzene rings is 2.